The van der Waals surface area contributed by atoms with Gasteiger partial charge in [-0.05, 0) is 18.9 Å². The normalized spacial score (nSPS) is 21.6. The number of carbonyl (C=O) groups excluding carboxylic acids is 1. The number of thiazole rings is 1. The first kappa shape index (κ1) is 15.7. The van der Waals surface area contributed by atoms with Gasteiger partial charge in [0.1, 0.15) is 0 Å². The van der Waals surface area contributed by atoms with Crippen LogP contribution in [0.25, 0.3) is 0 Å². The SMILES string of the molecule is O=C(O)[C@@H]1CCC(=O)N(CCCn2cccn2)[C@@H]1c1cscn1. The summed E-state index contributed by atoms with van der Waals surface area (Å²) in [7, 11) is 0. The quantitative estimate of drug-likeness (QED) is 0.870. The molecule has 2 aromatic heterocycles. The molecule has 0 aromatic carbocycles. The maximum absolute atomic E-state index is 12.3. The van der Waals surface area contributed by atoms with E-state index in [1.54, 1.807) is 21.3 Å². The fraction of sp³-hybridized carbons (Fsp3) is 0.467. The lowest BCUT2D eigenvalue weighted by atomic mass is 9.87. The lowest BCUT2D eigenvalue weighted by Gasteiger charge is -2.38. The van der Waals surface area contributed by atoms with E-state index in [1.807, 2.05) is 17.6 Å². The van der Waals surface area contributed by atoms with E-state index in [4.69, 9.17) is 0 Å². The van der Waals surface area contributed by atoms with Gasteiger partial charge in [-0.3, -0.25) is 14.3 Å². The Balaban J connectivity index is 1.75. The van der Waals surface area contributed by atoms with E-state index in [2.05, 4.69) is 10.1 Å². The molecule has 3 heterocycles. The molecule has 8 heteroatoms. The van der Waals surface area contributed by atoms with Crippen LogP contribution in [-0.2, 0) is 16.1 Å². The molecule has 23 heavy (non-hydrogen) atoms. The van der Waals surface area contributed by atoms with Crippen LogP contribution in [0.15, 0.2) is 29.4 Å². The van der Waals surface area contributed by atoms with Gasteiger partial charge in [-0.2, -0.15) is 5.10 Å². The third kappa shape index (κ3) is 3.42. The molecule has 3 rings (SSSR count). The molecule has 1 saturated heterocycles. The highest BCUT2D eigenvalue weighted by atomic mass is 32.1. The highest BCUT2D eigenvalue weighted by Gasteiger charge is 2.41. The Hall–Kier alpha value is -2.22. The maximum atomic E-state index is 12.3. The Morgan fingerprint density at radius 2 is 2.30 bits per heavy atom. The van der Waals surface area contributed by atoms with Gasteiger partial charge in [-0.1, -0.05) is 0 Å². The summed E-state index contributed by atoms with van der Waals surface area (Å²) in [6.45, 7) is 1.20. The van der Waals surface area contributed by atoms with Crippen molar-refractivity contribution < 1.29 is 14.7 Å². The van der Waals surface area contributed by atoms with Gasteiger partial charge in [0.15, 0.2) is 0 Å². The van der Waals surface area contributed by atoms with E-state index in [-0.39, 0.29) is 12.3 Å². The highest BCUT2D eigenvalue weighted by Crippen LogP contribution is 2.36. The Morgan fingerprint density at radius 1 is 1.43 bits per heavy atom. The molecule has 0 unspecified atom stereocenters. The van der Waals surface area contributed by atoms with E-state index in [0.29, 0.717) is 25.2 Å². The summed E-state index contributed by atoms with van der Waals surface area (Å²) in [5.41, 5.74) is 2.35. The molecule has 2 atom stereocenters. The molecule has 1 fully saturated rings. The van der Waals surface area contributed by atoms with Gasteiger partial charge in [0, 0.05) is 37.3 Å². The van der Waals surface area contributed by atoms with Gasteiger partial charge in [-0.15, -0.1) is 11.3 Å². The third-order valence-corrected chi connectivity index (χ3v) is 4.73. The van der Waals surface area contributed by atoms with Crippen molar-refractivity contribution in [3.05, 3.63) is 35.0 Å². The monoisotopic (exact) mass is 334 g/mol. The van der Waals surface area contributed by atoms with Crippen LogP contribution in [-0.4, -0.2) is 43.2 Å². The molecular formula is C15H18N4O3S. The third-order valence-electron chi connectivity index (χ3n) is 4.12. The summed E-state index contributed by atoms with van der Waals surface area (Å²) in [6.07, 6.45) is 4.95. The molecule has 1 N–H and O–H groups in total. The van der Waals surface area contributed by atoms with Gasteiger partial charge in [-0.25, -0.2) is 4.98 Å². The molecule has 0 saturated carbocycles. The van der Waals surface area contributed by atoms with Gasteiger partial charge >= 0.3 is 5.97 Å². The molecule has 2 aromatic rings. The fourth-order valence-electron chi connectivity index (χ4n) is 3.04. The maximum Gasteiger partial charge on any atom is 0.309 e. The molecule has 1 aliphatic heterocycles. The number of carbonyl (C=O) groups is 2. The lowest BCUT2D eigenvalue weighted by molar-refractivity contribution is -0.152. The average molecular weight is 334 g/mol. The molecule has 0 bridgehead atoms. The van der Waals surface area contributed by atoms with Crippen LogP contribution in [0.2, 0.25) is 0 Å². The molecule has 122 valence electrons. The number of hydrogen-bond acceptors (Lipinski definition) is 5. The van der Waals surface area contributed by atoms with Crippen molar-refractivity contribution in [2.75, 3.05) is 6.54 Å². The number of piperidine rings is 1. The molecule has 0 aliphatic carbocycles. The lowest BCUT2D eigenvalue weighted by Crippen LogP contribution is -2.46. The Labute approximate surface area is 137 Å². The number of hydrogen-bond donors (Lipinski definition) is 1. The number of carboxylic acids is 1. The summed E-state index contributed by atoms with van der Waals surface area (Å²) < 4.78 is 1.81. The van der Waals surface area contributed by atoms with E-state index >= 15 is 0 Å². The van der Waals surface area contributed by atoms with Crippen molar-refractivity contribution in [2.45, 2.75) is 31.8 Å². The fourth-order valence-corrected chi connectivity index (χ4v) is 3.63. The number of aryl methyl sites for hydroxylation is 1. The minimum Gasteiger partial charge on any atom is -0.481 e. The van der Waals surface area contributed by atoms with Crippen molar-refractivity contribution >= 4 is 23.2 Å². The molecule has 1 amide bonds. The smallest absolute Gasteiger partial charge is 0.309 e. The van der Waals surface area contributed by atoms with Gasteiger partial charge < -0.3 is 10.0 Å². The second kappa shape index (κ2) is 6.91. The van der Waals surface area contributed by atoms with E-state index in [1.165, 1.54) is 11.3 Å². The first-order chi connectivity index (χ1) is 11.2. The van der Waals surface area contributed by atoms with E-state index < -0.39 is 17.9 Å². The topological polar surface area (TPSA) is 88.3 Å². The van der Waals surface area contributed by atoms with Gasteiger partial charge in [0.2, 0.25) is 5.91 Å². The summed E-state index contributed by atoms with van der Waals surface area (Å²) >= 11 is 1.42. The first-order valence-corrected chi connectivity index (χ1v) is 8.49. The minimum atomic E-state index is -0.868. The van der Waals surface area contributed by atoms with Crippen molar-refractivity contribution in [2.24, 2.45) is 5.92 Å². The highest BCUT2D eigenvalue weighted by molar-refractivity contribution is 7.07. The number of nitrogens with zero attached hydrogens (tertiary/aromatic N) is 4. The second-order valence-electron chi connectivity index (χ2n) is 5.55. The predicted molar refractivity (Wildman–Crippen MR) is 83.8 cm³/mol. The van der Waals surface area contributed by atoms with Crippen molar-refractivity contribution in [1.29, 1.82) is 0 Å². The van der Waals surface area contributed by atoms with Crippen LogP contribution >= 0.6 is 11.3 Å². The molecule has 7 nitrogen and oxygen atoms in total. The van der Waals surface area contributed by atoms with Crippen molar-refractivity contribution in [3.63, 3.8) is 0 Å². The summed E-state index contributed by atoms with van der Waals surface area (Å²) in [6, 6.07) is 1.38. The number of rotatable bonds is 6. The Morgan fingerprint density at radius 3 is 2.96 bits per heavy atom. The summed E-state index contributed by atoms with van der Waals surface area (Å²) in [5.74, 6) is -1.46. The molecule has 0 radical (unpaired) electrons. The van der Waals surface area contributed by atoms with Crippen molar-refractivity contribution in [3.8, 4) is 0 Å². The zero-order chi connectivity index (χ0) is 16.2. The number of aromatic nitrogens is 3. The number of likely N-dealkylation sites (tertiary alicyclic amines) is 1. The van der Waals surface area contributed by atoms with Crippen LogP contribution in [0, 0.1) is 5.92 Å². The zero-order valence-corrected chi connectivity index (χ0v) is 13.4. The number of amides is 1. The largest absolute Gasteiger partial charge is 0.481 e. The van der Waals surface area contributed by atoms with E-state index in [9.17, 15) is 14.7 Å². The number of aliphatic carboxylic acids is 1. The van der Waals surface area contributed by atoms with Gasteiger partial charge in [0.25, 0.3) is 0 Å². The molecule has 0 spiro atoms. The van der Waals surface area contributed by atoms with E-state index in [0.717, 1.165) is 6.42 Å². The van der Waals surface area contributed by atoms with Crippen LogP contribution in [0.4, 0.5) is 0 Å². The van der Waals surface area contributed by atoms with Crippen LogP contribution in [0.1, 0.15) is 31.0 Å². The zero-order valence-electron chi connectivity index (χ0n) is 12.5. The molecule has 1 aliphatic rings. The minimum absolute atomic E-state index is 0.000894. The summed E-state index contributed by atoms with van der Waals surface area (Å²) in [5, 5.41) is 15.5. The van der Waals surface area contributed by atoms with Crippen LogP contribution in [0.3, 0.4) is 0 Å². The predicted octanol–water partition coefficient (Wildman–Crippen LogP) is 1.79. The Bertz CT molecular complexity index is 656. The van der Waals surface area contributed by atoms with Crippen LogP contribution < -0.4 is 0 Å². The standard InChI is InChI=1S/C15H18N4O3S/c20-13-4-3-11(15(21)22)14(12-9-23-10-16-12)19(13)8-2-7-18-6-1-5-17-18/h1,5-6,9-11,14H,2-4,7-8H2,(H,21,22)/t11-,14+/m1/s1. The first-order valence-electron chi connectivity index (χ1n) is 7.54. The molecular weight excluding hydrogens is 316 g/mol. The van der Waals surface area contributed by atoms with Crippen molar-refractivity contribution in [1.82, 2.24) is 19.7 Å². The average Bonchev–Trinajstić information content (AvgIpc) is 3.21. The summed E-state index contributed by atoms with van der Waals surface area (Å²) in [4.78, 5) is 29.9. The van der Waals surface area contributed by atoms with Crippen LogP contribution in [0.5, 0.6) is 0 Å². The number of carboxylic acid groups (broad SMARTS) is 1. The van der Waals surface area contributed by atoms with Gasteiger partial charge in [0.05, 0.1) is 23.2 Å². The Kier molecular flexibility index (Phi) is 4.71. The second-order valence-corrected chi connectivity index (χ2v) is 6.27.